The molecule has 2 aliphatic rings. The Morgan fingerprint density at radius 2 is 1.58 bits per heavy atom. The van der Waals surface area contributed by atoms with E-state index in [1.807, 2.05) is 30.3 Å². The summed E-state index contributed by atoms with van der Waals surface area (Å²) >= 11 is 0. The minimum Gasteiger partial charge on any atom is -0.375 e. The van der Waals surface area contributed by atoms with Crippen molar-refractivity contribution in [3.63, 3.8) is 0 Å². The average Bonchev–Trinajstić information content (AvgIpc) is 3.14. The maximum Gasteiger partial charge on any atom is 0.261 e. The molecule has 7 heteroatoms. The monoisotopic (exact) mass is 422 g/mol. The van der Waals surface area contributed by atoms with Gasteiger partial charge < -0.3 is 14.4 Å². The highest BCUT2D eigenvalue weighted by Crippen LogP contribution is 2.34. The molecule has 2 aromatic rings. The second-order valence-corrected chi connectivity index (χ2v) is 8.33. The van der Waals surface area contributed by atoms with Gasteiger partial charge in [0.2, 0.25) is 5.91 Å². The normalized spacial score (nSPS) is 22.2. The molecule has 0 N–H and O–H groups in total. The first kappa shape index (κ1) is 21.2. The van der Waals surface area contributed by atoms with E-state index >= 15 is 0 Å². The van der Waals surface area contributed by atoms with E-state index in [1.165, 1.54) is 11.8 Å². The molecule has 1 saturated heterocycles. The maximum atomic E-state index is 12.8. The molecule has 0 radical (unpaired) electrons. The molecule has 0 aromatic heterocycles. The molecule has 0 bridgehead atoms. The summed E-state index contributed by atoms with van der Waals surface area (Å²) < 4.78 is 12.1. The zero-order chi connectivity index (χ0) is 22.2. The van der Waals surface area contributed by atoms with Crippen molar-refractivity contribution in [1.29, 1.82) is 0 Å². The second-order valence-electron chi connectivity index (χ2n) is 8.33. The van der Waals surface area contributed by atoms with Gasteiger partial charge in [0.25, 0.3) is 11.8 Å². The summed E-state index contributed by atoms with van der Waals surface area (Å²) in [6.45, 7) is 5.77. The summed E-state index contributed by atoms with van der Waals surface area (Å²) in [5.74, 6) is -0.831. The first-order valence-corrected chi connectivity index (χ1v) is 10.3. The molecule has 7 nitrogen and oxygen atoms in total. The highest BCUT2D eigenvalue weighted by atomic mass is 16.6. The SMILES string of the molecule is CC(=O)N1[C@H](COCc2ccccc2)[C@@H](CN2C(=O)c3ccccc3C2=O)OC1(C)C. The zero-order valence-corrected chi connectivity index (χ0v) is 17.9. The van der Waals surface area contributed by atoms with Crippen molar-refractivity contribution in [2.45, 2.75) is 45.2 Å². The van der Waals surface area contributed by atoms with E-state index in [4.69, 9.17) is 9.47 Å². The van der Waals surface area contributed by atoms with Crippen molar-refractivity contribution in [3.8, 4) is 0 Å². The number of fused-ring (bicyclic) bond motifs is 1. The molecule has 31 heavy (non-hydrogen) atoms. The smallest absolute Gasteiger partial charge is 0.261 e. The van der Waals surface area contributed by atoms with Gasteiger partial charge in [0.15, 0.2) is 0 Å². The van der Waals surface area contributed by atoms with Crippen LogP contribution in [-0.2, 0) is 20.9 Å². The number of amides is 3. The molecule has 2 aromatic carbocycles. The lowest BCUT2D eigenvalue weighted by Crippen LogP contribution is -2.50. The molecule has 4 rings (SSSR count). The standard InChI is InChI=1S/C24H26N2O5/c1-16(27)26-20(15-30-14-17-9-5-4-6-10-17)21(31-24(26,2)3)13-25-22(28)18-11-7-8-12-19(18)23(25)29/h4-12,20-21H,13-15H2,1-3H3/t20-,21-/m1/s1. The minimum atomic E-state index is -0.879. The van der Waals surface area contributed by atoms with Crippen LogP contribution in [0.4, 0.5) is 0 Å². The first-order chi connectivity index (χ1) is 14.8. The van der Waals surface area contributed by atoms with Gasteiger partial charge in [-0.25, -0.2) is 0 Å². The van der Waals surface area contributed by atoms with Crippen LogP contribution in [0.3, 0.4) is 0 Å². The molecular formula is C24H26N2O5. The summed E-state index contributed by atoms with van der Waals surface area (Å²) in [6, 6.07) is 16.1. The third kappa shape index (κ3) is 3.98. The minimum absolute atomic E-state index is 0.0545. The predicted molar refractivity (Wildman–Crippen MR) is 113 cm³/mol. The van der Waals surface area contributed by atoms with Crippen LogP contribution >= 0.6 is 0 Å². The van der Waals surface area contributed by atoms with Crippen molar-refractivity contribution in [2.24, 2.45) is 0 Å². The van der Waals surface area contributed by atoms with Gasteiger partial charge in [0, 0.05) is 6.92 Å². The van der Waals surface area contributed by atoms with E-state index in [9.17, 15) is 14.4 Å². The fourth-order valence-corrected chi connectivity index (χ4v) is 4.48. The number of nitrogens with zero attached hydrogens (tertiary/aromatic N) is 2. The maximum absolute atomic E-state index is 12.8. The van der Waals surface area contributed by atoms with E-state index in [2.05, 4.69) is 0 Å². The topological polar surface area (TPSA) is 76.2 Å². The highest BCUT2D eigenvalue weighted by molar-refractivity contribution is 6.21. The van der Waals surface area contributed by atoms with Gasteiger partial charge in [-0.05, 0) is 31.5 Å². The van der Waals surface area contributed by atoms with Crippen molar-refractivity contribution in [3.05, 3.63) is 71.3 Å². The van der Waals surface area contributed by atoms with E-state index in [1.54, 1.807) is 43.0 Å². The molecule has 1 fully saturated rings. The van der Waals surface area contributed by atoms with Gasteiger partial charge in [0.05, 0.1) is 36.9 Å². The third-order valence-corrected chi connectivity index (χ3v) is 5.76. The van der Waals surface area contributed by atoms with Crippen molar-refractivity contribution in [2.75, 3.05) is 13.2 Å². The Labute approximate surface area is 181 Å². The van der Waals surface area contributed by atoms with Gasteiger partial charge in [-0.1, -0.05) is 42.5 Å². The van der Waals surface area contributed by atoms with E-state index in [0.29, 0.717) is 17.7 Å². The van der Waals surface area contributed by atoms with Crippen LogP contribution in [0.5, 0.6) is 0 Å². The second kappa shape index (κ2) is 8.24. The number of benzene rings is 2. The summed E-state index contributed by atoms with van der Waals surface area (Å²) in [6.07, 6.45) is -0.558. The molecule has 0 spiro atoms. The Kier molecular flexibility index (Phi) is 5.64. The summed E-state index contributed by atoms with van der Waals surface area (Å²) in [7, 11) is 0. The Morgan fingerprint density at radius 3 is 2.16 bits per heavy atom. The van der Waals surface area contributed by atoms with Crippen LogP contribution in [0.2, 0.25) is 0 Å². The lowest BCUT2D eigenvalue weighted by Gasteiger charge is -2.32. The number of hydrogen-bond donors (Lipinski definition) is 0. The number of ether oxygens (including phenoxy) is 2. The number of imide groups is 1. The molecule has 0 unspecified atom stereocenters. The number of carbonyl (C=O) groups is 3. The average molecular weight is 422 g/mol. The Morgan fingerprint density at radius 1 is 1.00 bits per heavy atom. The lowest BCUT2D eigenvalue weighted by atomic mass is 10.1. The molecule has 2 heterocycles. The summed E-state index contributed by atoms with van der Waals surface area (Å²) in [5.41, 5.74) is 0.928. The molecule has 162 valence electrons. The highest BCUT2D eigenvalue weighted by Gasteiger charge is 2.50. The molecule has 0 aliphatic carbocycles. The van der Waals surface area contributed by atoms with Crippen LogP contribution in [-0.4, -0.2) is 58.5 Å². The predicted octanol–water partition coefficient (Wildman–Crippen LogP) is 2.85. The van der Waals surface area contributed by atoms with Gasteiger partial charge >= 0.3 is 0 Å². The summed E-state index contributed by atoms with van der Waals surface area (Å²) in [4.78, 5) is 40.9. The lowest BCUT2D eigenvalue weighted by molar-refractivity contribution is -0.146. The third-order valence-electron chi connectivity index (χ3n) is 5.76. The van der Waals surface area contributed by atoms with E-state index < -0.39 is 17.9 Å². The molecule has 0 saturated carbocycles. The number of rotatable bonds is 6. The van der Waals surface area contributed by atoms with Gasteiger partial charge in [-0.2, -0.15) is 0 Å². The van der Waals surface area contributed by atoms with Crippen molar-refractivity contribution >= 4 is 17.7 Å². The largest absolute Gasteiger partial charge is 0.375 e. The van der Waals surface area contributed by atoms with Crippen LogP contribution < -0.4 is 0 Å². The van der Waals surface area contributed by atoms with Gasteiger partial charge in [-0.3, -0.25) is 19.3 Å². The van der Waals surface area contributed by atoms with Gasteiger partial charge in [-0.15, -0.1) is 0 Å². The molecule has 2 atom stereocenters. The fraction of sp³-hybridized carbons (Fsp3) is 0.375. The van der Waals surface area contributed by atoms with Crippen molar-refractivity contribution in [1.82, 2.24) is 9.80 Å². The quantitative estimate of drug-likeness (QED) is 0.669. The Hall–Kier alpha value is -3.03. The number of hydrogen-bond acceptors (Lipinski definition) is 5. The molecule has 3 amide bonds. The van der Waals surface area contributed by atoms with Crippen molar-refractivity contribution < 1.29 is 23.9 Å². The van der Waals surface area contributed by atoms with Crippen LogP contribution in [0.1, 0.15) is 47.1 Å². The fourth-order valence-electron chi connectivity index (χ4n) is 4.48. The number of carbonyl (C=O) groups excluding carboxylic acids is 3. The first-order valence-electron chi connectivity index (χ1n) is 10.3. The zero-order valence-electron chi connectivity index (χ0n) is 17.9. The van der Waals surface area contributed by atoms with Crippen LogP contribution in [0.25, 0.3) is 0 Å². The summed E-state index contributed by atoms with van der Waals surface area (Å²) in [5, 5.41) is 0. The van der Waals surface area contributed by atoms with E-state index in [0.717, 1.165) is 5.56 Å². The Bertz CT molecular complexity index is 969. The Balaban J connectivity index is 1.52. The van der Waals surface area contributed by atoms with Crippen LogP contribution in [0, 0.1) is 0 Å². The van der Waals surface area contributed by atoms with Crippen LogP contribution in [0.15, 0.2) is 54.6 Å². The molecule has 2 aliphatic heterocycles. The molecular weight excluding hydrogens is 396 g/mol. The van der Waals surface area contributed by atoms with E-state index in [-0.39, 0.29) is 30.9 Å². The van der Waals surface area contributed by atoms with Gasteiger partial charge in [0.1, 0.15) is 11.8 Å².